The topological polar surface area (TPSA) is 58.6 Å². The van der Waals surface area contributed by atoms with Gasteiger partial charge in [0.25, 0.3) is 0 Å². The molecule has 0 unspecified atom stereocenters. The van der Waals surface area contributed by atoms with E-state index >= 15 is 0 Å². The van der Waals surface area contributed by atoms with Crippen molar-refractivity contribution in [2.24, 2.45) is 0 Å². The Bertz CT molecular complexity index is 522. The summed E-state index contributed by atoms with van der Waals surface area (Å²) < 4.78 is 5.12. The van der Waals surface area contributed by atoms with Gasteiger partial charge in [0.15, 0.2) is 0 Å². The molecule has 1 aromatic carbocycles. The zero-order chi connectivity index (χ0) is 16.7. The summed E-state index contributed by atoms with van der Waals surface area (Å²) in [6, 6.07) is 8.04. The zero-order valence-corrected chi connectivity index (χ0v) is 14.0. The molecule has 23 heavy (non-hydrogen) atoms. The molecule has 1 aliphatic carbocycles. The number of hydrogen-bond acceptors (Lipinski definition) is 3. The summed E-state index contributed by atoms with van der Waals surface area (Å²) >= 11 is 0. The molecule has 2 amide bonds. The third-order valence-corrected chi connectivity index (χ3v) is 4.38. The lowest BCUT2D eigenvalue weighted by Gasteiger charge is -2.27. The SMILES string of the molecule is COc1ccc(CCNC(=O)CN(C(C)=O)C2CCCC2)cc1. The normalized spacial score (nSPS) is 14.5. The Balaban J connectivity index is 1.75. The molecule has 0 atom stereocenters. The Morgan fingerprint density at radius 1 is 1.22 bits per heavy atom. The van der Waals surface area contributed by atoms with Gasteiger partial charge in [0.05, 0.1) is 13.7 Å². The van der Waals surface area contributed by atoms with Crippen molar-refractivity contribution in [3.8, 4) is 5.75 Å². The minimum atomic E-state index is -0.0828. The number of methoxy groups -OCH3 is 1. The fraction of sp³-hybridized carbons (Fsp3) is 0.556. The Morgan fingerprint density at radius 2 is 1.87 bits per heavy atom. The van der Waals surface area contributed by atoms with Crippen LogP contribution in [0.2, 0.25) is 0 Å². The number of carbonyl (C=O) groups is 2. The number of amides is 2. The highest BCUT2D eigenvalue weighted by Crippen LogP contribution is 2.23. The molecule has 126 valence electrons. The molecule has 0 aliphatic heterocycles. The number of carbonyl (C=O) groups excluding carboxylic acids is 2. The van der Waals surface area contributed by atoms with Gasteiger partial charge in [-0.1, -0.05) is 25.0 Å². The first-order valence-electron chi connectivity index (χ1n) is 8.27. The smallest absolute Gasteiger partial charge is 0.239 e. The van der Waals surface area contributed by atoms with Gasteiger partial charge in [-0.2, -0.15) is 0 Å². The number of nitrogens with zero attached hydrogens (tertiary/aromatic N) is 1. The maximum Gasteiger partial charge on any atom is 0.239 e. The van der Waals surface area contributed by atoms with Gasteiger partial charge in [0, 0.05) is 19.5 Å². The van der Waals surface area contributed by atoms with Crippen LogP contribution >= 0.6 is 0 Å². The summed E-state index contributed by atoms with van der Waals surface area (Å²) in [4.78, 5) is 25.6. The highest BCUT2D eigenvalue weighted by Gasteiger charge is 2.25. The Morgan fingerprint density at radius 3 is 2.43 bits per heavy atom. The lowest BCUT2D eigenvalue weighted by Crippen LogP contribution is -2.44. The predicted molar refractivity (Wildman–Crippen MR) is 89.4 cm³/mol. The fourth-order valence-electron chi connectivity index (χ4n) is 3.06. The standard InChI is InChI=1S/C18H26N2O3/c1-14(21)20(16-5-3-4-6-16)13-18(22)19-12-11-15-7-9-17(23-2)10-8-15/h7-10,16H,3-6,11-13H2,1-2H3,(H,19,22). The molecular formula is C18H26N2O3. The third kappa shape index (κ3) is 5.27. The highest BCUT2D eigenvalue weighted by molar-refractivity contribution is 5.84. The molecule has 5 heteroatoms. The van der Waals surface area contributed by atoms with Crippen molar-refractivity contribution < 1.29 is 14.3 Å². The van der Waals surface area contributed by atoms with Gasteiger partial charge in [-0.3, -0.25) is 9.59 Å². The van der Waals surface area contributed by atoms with Crippen molar-refractivity contribution in [1.29, 1.82) is 0 Å². The zero-order valence-electron chi connectivity index (χ0n) is 14.0. The van der Waals surface area contributed by atoms with Crippen LogP contribution in [0.4, 0.5) is 0 Å². The van der Waals surface area contributed by atoms with E-state index in [-0.39, 0.29) is 24.4 Å². The molecular weight excluding hydrogens is 292 g/mol. The van der Waals surface area contributed by atoms with Crippen molar-refractivity contribution in [2.45, 2.75) is 45.1 Å². The second-order valence-electron chi connectivity index (χ2n) is 6.03. The number of benzene rings is 1. The maximum absolute atomic E-state index is 12.1. The van der Waals surface area contributed by atoms with Gasteiger partial charge < -0.3 is 15.0 Å². The molecule has 1 aliphatic rings. The van der Waals surface area contributed by atoms with Crippen LogP contribution < -0.4 is 10.1 Å². The largest absolute Gasteiger partial charge is 0.497 e. The third-order valence-electron chi connectivity index (χ3n) is 4.38. The average molecular weight is 318 g/mol. The van der Waals surface area contributed by atoms with Gasteiger partial charge in [-0.25, -0.2) is 0 Å². The molecule has 1 aromatic rings. The van der Waals surface area contributed by atoms with Crippen molar-refractivity contribution >= 4 is 11.8 Å². The lowest BCUT2D eigenvalue weighted by molar-refractivity contribution is -0.136. The summed E-state index contributed by atoms with van der Waals surface area (Å²) in [6.45, 7) is 2.28. The number of rotatable bonds is 7. The van der Waals surface area contributed by atoms with E-state index in [1.165, 1.54) is 0 Å². The van der Waals surface area contributed by atoms with Crippen LogP contribution in [-0.2, 0) is 16.0 Å². The Kier molecular flexibility index (Phi) is 6.44. The van der Waals surface area contributed by atoms with Crippen molar-refractivity contribution in [3.05, 3.63) is 29.8 Å². The van der Waals surface area contributed by atoms with Crippen molar-refractivity contribution in [2.75, 3.05) is 20.2 Å². The lowest BCUT2D eigenvalue weighted by atomic mass is 10.1. The number of ether oxygens (including phenoxy) is 1. The molecule has 0 aromatic heterocycles. The van der Waals surface area contributed by atoms with E-state index in [0.29, 0.717) is 6.54 Å². The summed E-state index contributed by atoms with van der Waals surface area (Å²) in [6.07, 6.45) is 5.08. The Hall–Kier alpha value is -2.04. The highest BCUT2D eigenvalue weighted by atomic mass is 16.5. The quantitative estimate of drug-likeness (QED) is 0.838. The molecule has 2 rings (SSSR count). The summed E-state index contributed by atoms with van der Waals surface area (Å²) in [7, 11) is 1.64. The molecule has 0 bridgehead atoms. The van der Waals surface area contributed by atoms with Crippen LogP contribution in [-0.4, -0.2) is 43.0 Å². The van der Waals surface area contributed by atoms with Gasteiger partial charge in [0.2, 0.25) is 11.8 Å². The minimum Gasteiger partial charge on any atom is -0.497 e. The Labute approximate surface area is 138 Å². The first-order valence-corrected chi connectivity index (χ1v) is 8.27. The van der Waals surface area contributed by atoms with E-state index in [4.69, 9.17) is 4.74 Å². The summed E-state index contributed by atoms with van der Waals surface area (Å²) in [5.41, 5.74) is 1.14. The predicted octanol–water partition coefficient (Wildman–Crippen LogP) is 2.14. The second-order valence-corrected chi connectivity index (χ2v) is 6.03. The summed E-state index contributed by atoms with van der Waals surface area (Å²) in [5, 5.41) is 2.90. The summed E-state index contributed by atoms with van der Waals surface area (Å²) in [5.74, 6) is 0.731. The van der Waals surface area contributed by atoms with Gasteiger partial charge in [0.1, 0.15) is 5.75 Å². The molecule has 1 N–H and O–H groups in total. The van der Waals surface area contributed by atoms with Crippen LogP contribution in [0.1, 0.15) is 38.2 Å². The van der Waals surface area contributed by atoms with E-state index in [9.17, 15) is 9.59 Å². The number of hydrogen-bond donors (Lipinski definition) is 1. The molecule has 1 saturated carbocycles. The molecule has 5 nitrogen and oxygen atoms in total. The first-order chi connectivity index (χ1) is 11.1. The van der Waals surface area contributed by atoms with Gasteiger partial charge >= 0.3 is 0 Å². The molecule has 0 spiro atoms. The van der Waals surface area contributed by atoms with Crippen LogP contribution in [0.3, 0.4) is 0 Å². The maximum atomic E-state index is 12.1. The average Bonchev–Trinajstić information content (AvgIpc) is 3.07. The fourth-order valence-corrected chi connectivity index (χ4v) is 3.06. The van der Waals surface area contributed by atoms with E-state index in [1.54, 1.807) is 18.9 Å². The van der Waals surface area contributed by atoms with E-state index in [2.05, 4.69) is 5.32 Å². The van der Waals surface area contributed by atoms with E-state index in [1.807, 2.05) is 24.3 Å². The van der Waals surface area contributed by atoms with Gasteiger partial charge in [-0.05, 0) is 37.0 Å². The molecule has 0 saturated heterocycles. The van der Waals surface area contributed by atoms with Crippen LogP contribution in [0.25, 0.3) is 0 Å². The van der Waals surface area contributed by atoms with Crippen molar-refractivity contribution in [3.63, 3.8) is 0 Å². The minimum absolute atomic E-state index is 0.0118. The van der Waals surface area contributed by atoms with Crippen LogP contribution in [0.15, 0.2) is 24.3 Å². The molecule has 0 heterocycles. The van der Waals surface area contributed by atoms with Gasteiger partial charge in [-0.15, -0.1) is 0 Å². The molecule has 1 fully saturated rings. The molecule has 0 radical (unpaired) electrons. The monoisotopic (exact) mass is 318 g/mol. The van der Waals surface area contributed by atoms with Crippen LogP contribution in [0.5, 0.6) is 5.75 Å². The van der Waals surface area contributed by atoms with Crippen LogP contribution in [0, 0.1) is 0 Å². The van der Waals surface area contributed by atoms with E-state index < -0.39 is 0 Å². The van der Waals surface area contributed by atoms with Crippen molar-refractivity contribution in [1.82, 2.24) is 10.2 Å². The second kappa shape index (κ2) is 8.56. The van der Waals surface area contributed by atoms with E-state index in [0.717, 1.165) is 43.4 Å². The first kappa shape index (κ1) is 17.3. The number of nitrogens with one attached hydrogen (secondary N) is 1.